The zero-order valence-electron chi connectivity index (χ0n) is 18.7. The second kappa shape index (κ2) is 7.95. The molecule has 1 fully saturated rings. The average molecular weight is 469 g/mol. The third-order valence-electron chi connectivity index (χ3n) is 7.86. The summed E-state index contributed by atoms with van der Waals surface area (Å²) >= 11 is 0. The van der Waals surface area contributed by atoms with Gasteiger partial charge in [-0.1, -0.05) is 18.6 Å². The number of hydrogen-bond acceptors (Lipinski definition) is 8. The lowest BCUT2D eigenvalue weighted by atomic mass is 9.60. The number of rotatable bonds is 3. The van der Waals surface area contributed by atoms with Gasteiger partial charge in [-0.05, 0) is 50.3 Å². The Labute approximate surface area is 196 Å². The van der Waals surface area contributed by atoms with E-state index in [9.17, 15) is 34.8 Å². The Bertz CT molecular complexity index is 1180. The number of aromatic hydroxyl groups is 1. The van der Waals surface area contributed by atoms with Crippen molar-refractivity contribution in [3.05, 3.63) is 51.5 Å². The number of primary amides is 1. The largest absolute Gasteiger partial charge is 0.511 e. The predicted octanol–water partition coefficient (Wildman–Crippen LogP) is 1.57. The number of piperidine rings is 1. The molecule has 9 heteroatoms. The molecule has 5 rings (SSSR count). The van der Waals surface area contributed by atoms with Crippen LogP contribution in [0.15, 0.2) is 34.8 Å². The maximum atomic E-state index is 13.6. The van der Waals surface area contributed by atoms with Crippen LogP contribution in [-0.4, -0.2) is 61.5 Å². The van der Waals surface area contributed by atoms with E-state index in [-0.39, 0.29) is 29.7 Å². The summed E-state index contributed by atoms with van der Waals surface area (Å²) < 4.78 is 0. The molecule has 1 heterocycles. The number of carbonyl (C=O) groups excluding carboxylic acids is 3. The van der Waals surface area contributed by atoms with Crippen LogP contribution < -0.4 is 5.73 Å². The van der Waals surface area contributed by atoms with Crippen molar-refractivity contribution < 1.29 is 34.8 Å². The van der Waals surface area contributed by atoms with Gasteiger partial charge >= 0.3 is 0 Å². The number of allylic oxidation sites excluding steroid dienone is 2. The first-order chi connectivity index (χ1) is 16.1. The molecule has 1 aromatic rings. The number of hydrogen-bond donors (Lipinski definition) is 5. The molecule has 9 nitrogen and oxygen atoms in total. The summed E-state index contributed by atoms with van der Waals surface area (Å²) in [4.78, 5) is 40.5. The summed E-state index contributed by atoms with van der Waals surface area (Å²) in [6, 6.07) is 3.64. The molecule has 0 aromatic heterocycles. The van der Waals surface area contributed by atoms with E-state index in [0.717, 1.165) is 25.9 Å². The van der Waals surface area contributed by atoms with Gasteiger partial charge in [0.1, 0.15) is 22.8 Å². The van der Waals surface area contributed by atoms with Crippen LogP contribution in [0.1, 0.15) is 53.6 Å². The van der Waals surface area contributed by atoms with E-state index < -0.39 is 52.0 Å². The minimum absolute atomic E-state index is 0.0751. The number of amides is 1. The van der Waals surface area contributed by atoms with Crippen molar-refractivity contribution in [2.75, 3.05) is 13.1 Å². The van der Waals surface area contributed by atoms with Gasteiger partial charge < -0.3 is 26.2 Å². The fourth-order valence-corrected chi connectivity index (χ4v) is 6.12. The van der Waals surface area contributed by atoms with Crippen molar-refractivity contribution in [2.24, 2.45) is 17.6 Å². The topological polar surface area (TPSA) is 161 Å². The molecule has 6 N–H and O–H groups in total. The van der Waals surface area contributed by atoms with Crippen LogP contribution in [0.4, 0.5) is 0 Å². The highest BCUT2D eigenvalue weighted by molar-refractivity contribution is 6.24. The monoisotopic (exact) mass is 468 g/mol. The van der Waals surface area contributed by atoms with Gasteiger partial charge in [-0.15, -0.1) is 0 Å². The standard InChI is InChI=1S/C25H28N2O7/c26-24(33)19-16(28)10-15-9-14-8-12-4-5-13(11-27-6-2-1-3-7-27)20(29)17(12)21(30)18(14)22(31)25(15,34)23(19)32/h4-5,14-15,28-29,31,34H,1-3,6-11H2,(H2,26,33)/t14-,15-,25-/m0/s1. The molecule has 3 aliphatic carbocycles. The number of ketones is 2. The summed E-state index contributed by atoms with van der Waals surface area (Å²) in [6.45, 7) is 2.33. The highest BCUT2D eigenvalue weighted by Crippen LogP contribution is 2.51. The average Bonchev–Trinajstić information content (AvgIpc) is 2.78. The number of phenols is 1. The fourth-order valence-electron chi connectivity index (χ4n) is 6.12. The molecule has 3 atom stereocenters. The Kier molecular flexibility index (Phi) is 5.29. The quantitative estimate of drug-likeness (QED) is 0.418. The molecule has 0 saturated carbocycles. The molecule has 1 amide bonds. The number of aliphatic hydroxyl groups excluding tert-OH is 2. The lowest BCUT2D eigenvalue weighted by Gasteiger charge is -2.45. The maximum Gasteiger partial charge on any atom is 0.255 e. The number of likely N-dealkylation sites (tertiary alicyclic amines) is 1. The van der Waals surface area contributed by atoms with Crippen LogP contribution in [0.25, 0.3) is 0 Å². The van der Waals surface area contributed by atoms with Crippen LogP contribution in [0, 0.1) is 11.8 Å². The van der Waals surface area contributed by atoms with Gasteiger partial charge in [0, 0.05) is 30.0 Å². The maximum absolute atomic E-state index is 13.6. The Morgan fingerprint density at radius 1 is 1.09 bits per heavy atom. The molecule has 1 aliphatic heterocycles. The molecule has 1 aromatic carbocycles. The number of carbonyl (C=O) groups is 3. The zero-order chi connectivity index (χ0) is 24.4. The van der Waals surface area contributed by atoms with E-state index >= 15 is 0 Å². The number of aliphatic hydroxyl groups is 3. The lowest BCUT2D eigenvalue weighted by molar-refractivity contribution is -0.144. The van der Waals surface area contributed by atoms with Crippen LogP contribution in [0.2, 0.25) is 0 Å². The molecular formula is C25H28N2O7. The second-order valence-electron chi connectivity index (χ2n) is 9.85. The molecule has 0 spiro atoms. The number of Topliss-reactive ketones (excluding diaryl/α,β-unsaturated/α-hetero) is 2. The van der Waals surface area contributed by atoms with Gasteiger partial charge in [-0.25, -0.2) is 0 Å². The van der Waals surface area contributed by atoms with Crippen LogP contribution in [-0.2, 0) is 22.6 Å². The van der Waals surface area contributed by atoms with Gasteiger partial charge in [0.15, 0.2) is 11.4 Å². The van der Waals surface area contributed by atoms with E-state index in [1.807, 2.05) is 12.1 Å². The van der Waals surface area contributed by atoms with Crippen molar-refractivity contribution >= 4 is 17.5 Å². The Hall–Kier alpha value is -3.17. The van der Waals surface area contributed by atoms with E-state index in [0.29, 0.717) is 24.1 Å². The van der Waals surface area contributed by atoms with Crippen molar-refractivity contribution in [2.45, 2.75) is 50.7 Å². The first kappa shape index (κ1) is 22.6. The molecule has 180 valence electrons. The fraction of sp³-hybridized carbons (Fsp3) is 0.480. The van der Waals surface area contributed by atoms with Gasteiger partial charge in [-0.2, -0.15) is 0 Å². The normalized spacial score (nSPS) is 29.6. The van der Waals surface area contributed by atoms with Crippen molar-refractivity contribution in [3.8, 4) is 5.75 Å². The highest BCUT2D eigenvalue weighted by atomic mass is 16.3. The molecule has 1 saturated heterocycles. The molecule has 0 bridgehead atoms. The Balaban J connectivity index is 1.56. The summed E-state index contributed by atoms with van der Waals surface area (Å²) in [7, 11) is 0. The highest BCUT2D eigenvalue weighted by Gasteiger charge is 2.59. The third-order valence-corrected chi connectivity index (χ3v) is 7.86. The summed E-state index contributed by atoms with van der Waals surface area (Å²) in [5.74, 6) is -5.97. The van der Waals surface area contributed by atoms with E-state index in [1.54, 1.807) is 0 Å². The van der Waals surface area contributed by atoms with Crippen molar-refractivity contribution in [3.63, 3.8) is 0 Å². The molecule has 0 radical (unpaired) electrons. The van der Waals surface area contributed by atoms with E-state index in [2.05, 4.69) is 4.90 Å². The summed E-state index contributed by atoms with van der Waals surface area (Å²) in [5, 5.41) is 43.6. The van der Waals surface area contributed by atoms with Gasteiger partial charge in [0.25, 0.3) is 5.91 Å². The number of nitrogens with zero attached hydrogens (tertiary/aromatic N) is 1. The molecule has 34 heavy (non-hydrogen) atoms. The number of phenolic OH excluding ortho intramolecular Hbond substituents is 1. The number of benzene rings is 1. The molecular weight excluding hydrogens is 440 g/mol. The minimum Gasteiger partial charge on any atom is -0.511 e. The Morgan fingerprint density at radius 3 is 2.47 bits per heavy atom. The Morgan fingerprint density at radius 2 is 1.79 bits per heavy atom. The van der Waals surface area contributed by atoms with Gasteiger partial charge in [-0.3, -0.25) is 19.3 Å². The second-order valence-corrected chi connectivity index (χ2v) is 9.85. The predicted molar refractivity (Wildman–Crippen MR) is 120 cm³/mol. The third kappa shape index (κ3) is 3.18. The first-order valence-electron chi connectivity index (χ1n) is 11.7. The molecule has 4 aliphatic rings. The number of fused-ring (bicyclic) bond motifs is 3. The first-order valence-corrected chi connectivity index (χ1v) is 11.7. The smallest absolute Gasteiger partial charge is 0.255 e. The van der Waals surface area contributed by atoms with Crippen molar-refractivity contribution in [1.82, 2.24) is 4.90 Å². The zero-order valence-corrected chi connectivity index (χ0v) is 18.7. The van der Waals surface area contributed by atoms with E-state index in [4.69, 9.17) is 5.73 Å². The number of nitrogens with two attached hydrogens (primary N) is 1. The van der Waals surface area contributed by atoms with Crippen molar-refractivity contribution in [1.29, 1.82) is 0 Å². The van der Waals surface area contributed by atoms with Gasteiger partial charge in [0.05, 0.1) is 5.56 Å². The van der Waals surface area contributed by atoms with E-state index in [1.165, 1.54) is 6.42 Å². The minimum atomic E-state index is -2.53. The molecule has 0 unspecified atom stereocenters. The SMILES string of the molecule is NC(=O)C1=C(O)C[C@@H]2C[C@@H]3Cc4ccc(CN5CCCCC5)c(O)c4C(=O)C3=C(O)[C@]2(O)C1=O. The van der Waals surface area contributed by atoms with Crippen LogP contribution in [0.5, 0.6) is 5.75 Å². The lowest BCUT2D eigenvalue weighted by Crippen LogP contribution is -2.57. The summed E-state index contributed by atoms with van der Waals surface area (Å²) in [6.07, 6.45) is 3.57. The van der Waals surface area contributed by atoms with Crippen LogP contribution >= 0.6 is 0 Å². The summed E-state index contributed by atoms with van der Waals surface area (Å²) in [5.41, 5.74) is 3.11. The van der Waals surface area contributed by atoms with Crippen LogP contribution in [0.3, 0.4) is 0 Å². The van der Waals surface area contributed by atoms with Gasteiger partial charge in [0.2, 0.25) is 5.78 Å².